The zero-order valence-corrected chi connectivity index (χ0v) is 18.9. The Morgan fingerprint density at radius 2 is 1.80 bits per heavy atom. The molecule has 0 spiro atoms. The predicted octanol–water partition coefficient (Wildman–Crippen LogP) is 4.36. The normalized spacial score (nSPS) is 11.3. The average Bonchev–Trinajstić information content (AvgIpc) is 2.70. The number of aryl methyl sites for hydroxylation is 1. The van der Waals surface area contributed by atoms with Crippen LogP contribution in [-0.2, 0) is 32.6 Å². The molecule has 164 valence electrons. The number of anilines is 2. The van der Waals surface area contributed by atoms with Crippen molar-refractivity contribution in [1.82, 2.24) is 0 Å². The summed E-state index contributed by atoms with van der Waals surface area (Å²) in [6.45, 7) is 2.88. The maximum Gasteiger partial charge on any atom is 0.232 e. The number of methoxy groups -OCH3 is 1. The van der Waals surface area contributed by atoms with Crippen LogP contribution < -0.4 is 9.62 Å². The lowest BCUT2D eigenvalue weighted by Gasteiger charge is -2.22. The zero-order chi connectivity index (χ0) is 22.0. The van der Waals surface area contributed by atoms with Crippen LogP contribution in [0, 0.1) is 0 Å². The van der Waals surface area contributed by atoms with Gasteiger partial charge in [0.25, 0.3) is 0 Å². The Balaban J connectivity index is 1.93. The number of nitrogens with zero attached hydrogens (tertiary/aromatic N) is 1. The van der Waals surface area contributed by atoms with Crippen LogP contribution in [-0.4, -0.2) is 34.2 Å². The summed E-state index contributed by atoms with van der Waals surface area (Å²) >= 11 is 0. The second kappa shape index (κ2) is 11.7. The highest BCUT2D eigenvalue weighted by Gasteiger charge is 2.17. The first kappa shape index (κ1) is 23.9. The molecule has 6 nitrogen and oxygen atoms in total. The van der Waals surface area contributed by atoms with E-state index in [-0.39, 0.29) is 18.9 Å². The van der Waals surface area contributed by atoms with Crippen molar-refractivity contribution in [2.75, 3.05) is 29.5 Å². The Morgan fingerprint density at radius 3 is 2.43 bits per heavy atom. The number of unbranched alkanes of at least 4 members (excludes halogenated alkanes) is 1. The van der Waals surface area contributed by atoms with Gasteiger partial charge in [0, 0.05) is 25.8 Å². The number of rotatable bonds is 12. The fourth-order valence-electron chi connectivity index (χ4n) is 3.21. The van der Waals surface area contributed by atoms with Crippen molar-refractivity contribution in [2.45, 2.75) is 45.6 Å². The molecule has 0 fully saturated rings. The molecule has 0 aliphatic heterocycles. The minimum absolute atomic E-state index is 0.145. The van der Waals surface area contributed by atoms with E-state index in [2.05, 4.69) is 12.2 Å². The van der Waals surface area contributed by atoms with E-state index in [1.807, 2.05) is 48.5 Å². The van der Waals surface area contributed by atoms with Crippen LogP contribution >= 0.6 is 0 Å². The first-order chi connectivity index (χ1) is 14.3. The number of nitrogens with one attached hydrogen (secondary N) is 1. The van der Waals surface area contributed by atoms with Gasteiger partial charge in [-0.15, -0.1) is 0 Å². The lowest BCUT2D eigenvalue weighted by Crippen LogP contribution is -2.31. The van der Waals surface area contributed by atoms with Crippen molar-refractivity contribution in [3.63, 3.8) is 0 Å². The zero-order valence-electron chi connectivity index (χ0n) is 18.1. The van der Waals surface area contributed by atoms with Crippen LogP contribution in [0.25, 0.3) is 0 Å². The van der Waals surface area contributed by atoms with Gasteiger partial charge in [0.15, 0.2) is 0 Å². The lowest BCUT2D eigenvalue weighted by molar-refractivity contribution is -0.116. The molecule has 0 heterocycles. The average molecular weight is 433 g/mol. The van der Waals surface area contributed by atoms with E-state index < -0.39 is 10.0 Å². The molecular weight excluding hydrogens is 400 g/mol. The number of amides is 1. The molecule has 0 saturated carbocycles. The summed E-state index contributed by atoms with van der Waals surface area (Å²) < 4.78 is 31.0. The minimum Gasteiger partial charge on any atom is -0.380 e. The van der Waals surface area contributed by atoms with Crippen LogP contribution in [0.4, 0.5) is 11.4 Å². The highest BCUT2D eigenvalue weighted by molar-refractivity contribution is 7.92. The van der Waals surface area contributed by atoms with Gasteiger partial charge in [0.1, 0.15) is 0 Å². The van der Waals surface area contributed by atoms with Crippen molar-refractivity contribution in [2.24, 2.45) is 0 Å². The third kappa shape index (κ3) is 7.80. The van der Waals surface area contributed by atoms with Crippen LogP contribution in [0.15, 0.2) is 48.5 Å². The van der Waals surface area contributed by atoms with Crippen molar-refractivity contribution in [3.05, 3.63) is 59.7 Å². The summed E-state index contributed by atoms with van der Waals surface area (Å²) in [4.78, 5) is 12.3. The SMILES string of the molecule is CCCCc1ccc(N(CCCC(=O)Nc2cccc(COC)c2)S(C)(=O)=O)cc1. The third-order valence-electron chi connectivity index (χ3n) is 4.73. The smallest absolute Gasteiger partial charge is 0.232 e. The number of carbonyl (C=O) groups excluding carboxylic acids is 1. The monoisotopic (exact) mass is 432 g/mol. The van der Waals surface area contributed by atoms with E-state index in [9.17, 15) is 13.2 Å². The summed E-state index contributed by atoms with van der Waals surface area (Å²) in [5.74, 6) is -0.145. The van der Waals surface area contributed by atoms with Crippen LogP contribution in [0.2, 0.25) is 0 Å². The fraction of sp³-hybridized carbons (Fsp3) is 0.435. The molecule has 2 rings (SSSR count). The number of sulfonamides is 1. The van der Waals surface area contributed by atoms with Crippen molar-refractivity contribution in [1.29, 1.82) is 0 Å². The maximum atomic E-state index is 12.3. The van der Waals surface area contributed by atoms with E-state index in [4.69, 9.17) is 4.74 Å². The van der Waals surface area contributed by atoms with E-state index in [1.54, 1.807) is 7.11 Å². The van der Waals surface area contributed by atoms with E-state index >= 15 is 0 Å². The van der Waals surface area contributed by atoms with Gasteiger partial charge in [-0.05, 0) is 54.7 Å². The summed E-state index contributed by atoms with van der Waals surface area (Å²) in [7, 11) is -1.81. The van der Waals surface area contributed by atoms with Crippen LogP contribution in [0.1, 0.15) is 43.7 Å². The molecule has 0 radical (unpaired) electrons. The Morgan fingerprint density at radius 1 is 1.07 bits per heavy atom. The van der Waals surface area contributed by atoms with E-state index in [0.29, 0.717) is 24.4 Å². The molecule has 0 aromatic heterocycles. The molecule has 2 aromatic rings. The summed E-state index contributed by atoms with van der Waals surface area (Å²) in [6, 6.07) is 15.1. The van der Waals surface area contributed by atoms with Crippen LogP contribution in [0.5, 0.6) is 0 Å². The molecule has 0 unspecified atom stereocenters. The molecule has 1 amide bonds. The molecule has 0 atom stereocenters. The summed E-state index contributed by atoms with van der Waals surface area (Å²) in [5, 5.41) is 2.86. The number of hydrogen-bond donors (Lipinski definition) is 1. The van der Waals surface area contributed by atoms with Gasteiger partial charge < -0.3 is 10.1 Å². The second-order valence-corrected chi connectivity index (χ2v) is 9.30. The van der Waals surface area contributed by atoms with Gasteiger partial charge in [-0.25, -0.2) is 8.42 Å². The fourth-order valence-corrected chi connectivity index (χ4v) is 4.17. The Bertz CT molecular complexity index is 911. The highest BCUT2D eigenvalue weighted by Crippen LogP contribution is 2.20. The molecule has 0 bridgehead atoms. The Labute approximate surface area is 180 Å². The maximum absolute atomic E-state index is 12.3. The Hall–Kier alpha value is -2.38. The molecular formula is C23H32N2O4S. The quantitative estimate of drug-likeness (QED) is 0.541. The molecule has 7 heteroatoms. The first-order valence-corrected chi connectivity index (χ1v) is 12.1. The van der Waals surface area contributed by atoms with Gasteiger partial charge >= 0.3 is 0 Å². The Kier molecular flexibility index (Phi) is 9.33. The minimum atomic E-state index is -3.43. The van der Waals surface area contributed by atoms with Crippen molar-refractivity contribution < 1.29 is 17.9 Å². The lowest BCUT2D eigenvalue weighted by atomic mass is 10.1. The van der Waals surface area contributed by atoms with E-state index in [0.717, 1.165) is 24.8 Å². The number of carbonyl (C=O) groups is 1. The number of ether oxygens (including phenoxy) is 1. The van der Waals surface area contributed by atoms with Gasteiger partial charge in [-0.3, -0.25) is 9.10 Å². The number of hydrogen-bond acceptors (Lipinski definition) is 4. The third-order valence-corrected chi connectivity index (χ3v) is 5.92. The highest BCUT2D eigenvalue weighted by atomic mass is 32.2. The van der Waals surface area contributed by atoms with Gasteiger partial charge in [0.2, 0.25) is 15.9 Å². The topological polar surface area (TPSA) is 75.7 Å². The largest absolute Gasteiger partial charge is 0.380 e. The second-order valence-electron chi connectivity index (χ2n) is 7.39. The molecule has 1 N–H and O–H groups in total. The molecule has 0 aliphatic rings. The molecule has 0 aliphatic carbocycles. The summed E-state index contributed by atoms with van der Waals surface area (Å²) in [6.07, 6.45) is 5.07. The standard InChI is InChI=1S/C23H32N2O4S/c1-4-5-8-19-12-14-22(15-13-19)25(30(3,27)28)16-7-11-23(26)24-21-10-6-9-20(17-21)18-29-2/h6,9-10,12-15,17H,4-5,7-8,11,16,18H2,1-3H3,(H,24,26). The van der Waals surface area contributed by atoms with Crippen molar-refractivity contribution >= 4 is 27.3 Å². The first-order valence-electron chi connectivity index (χ1n) is 10.3. The number of benzene rings is 2. The van der Waals surface area contributed by atoms with Gasteiger partial charge in [0.05, 0.1) is 18.6 Å². The van der Waals surface area contributed by atoms with Gasteiger partial charge in [-0.1, -0.05) is 37.6 Å². The van der Waals surface area contributed by atoms with E-state index in [1.165, 1.54) is 16.1 Å². The molecule has 2 aromatic carbocycles. The summed E-state index contributed by atoms with van der Waals surface area (Å²) in [5.41, 5.74) is 3.51. The molecule has 30 heavy (non-hydrogen) atoms. The molecule has 0 saturated heterocycles. The van der Waals surface area contributed by atoms with Gasteiger partial charge in [-0.2, -0.15) is 0 Å². The van der Waals surface area contributed by atoms with Crippen LogP contribution in [0.3, 0.4) is 0 Å². The van der Waals surface area contributed by atoms with Crippen molar-refractivity contribution in [3.8, 4) is 0 Å². The predicted molar refractivity (Wildman–Crippen MR) is 122 cm³/mol.